The van der Waals surface area contributed by atoms with Crippen molar-refractivity contribution in [3.05, 3.63) is 16.4 Å². The van der Waals surface area contributed by atoms with Gasteiger partial charge in [-0.1, -0.05) is 11.6 Å². The van der Waals surface area contributed by atoms with Gasteiger partial charge in [0.25, 0.3) is 0 Å². The van der Waals surface area contributed by atoms with Gasteiger partial charge in [-0.05, 0) is 13.8 Å². The van der Waals surface area contributed by atoms with E-state index in [1.807, 2.05) is 0 Å². The predicted octanol–water partition coefficient (Wildman–Crippen LogP) is 1.62. The Bertz CT molecular complexity index is 376. The number of hydrogen-bond donors (Lipinski definition) is 1. The lowest BCUT2D eigenvalue weighted by Gasteiger charge is -2.23. The smallest absolute Gasteiger partial charge is 0.226 e. The highest BCUT2D eigenvalue weighted by Crippen LogP contribution is 2.22. The van der Waals surface area contributed by atoms with E-state index in [2.05, 4.69) is 34.0 Å². The number of nitrogens with one attached hydrogen (secondary N) is 1. The first-order chi connectivity index (χ1) is 7.76. The van der Waals surface area contributed by atoms with Crippen molar-refractivity contribution in [2.24, 2.45) is 0 Å². The van der Waals surface area contributed by atoms with Gasteiger partial charge in [-0.25, -0.2) is 9.97 Å². The second kappa shape index (κ2) is 4.97. The fourth-order valence-electron chi connectivity index (χ4n) is 1.94. The normalized spacial score (nSPS) is 14.7. The van der Waals surface area contributed by atoms with Crippen molar-refractivity contribution in [1.82, 2.24) is 15.3 Å². The number of fused-ring (bicyclic) bond motifs is 1. The molecule has 88 valence electrons. The number of hydrogen-bond acceptors (Lipinski definition) is 4. The van der Waals surface area contributed by atoms with Gasteiger partial charge in [0.15, 0.2) is 0 Å². The highest BCUT2D eigenvalue weighted by Gasteiger charge is 2.17. The topological polar surface area (TPSA) is 41.1 Å². The first-order valence-corrected chi connectivity index (χ1v) is 6.15. The van der Waals surface area contributed by atoms with E-state index in [0.29, 0.717) is 5.15 Å². The van der Waals surface area contributed by atoms with Gasteiger partial charge in [0, 0.05) is 38.2 Å². The maximum absolute atomic E-state index is 6.19. The summed E-state index contributed by atoms with van der Waals surface area (Å²) >= 11 is 6.19. The van der Waals surface area contributed by atoms with Crippen molar-refractivity contribution < 1.29 is 0 Å². The van der Waals surface area contributed by atoms with Crippen LogP contribution in [-0.4, -0.2) is 29.6 Å². The molecular formula is C11H17ClN4. The minimum Gasteiger partial charge on any atom is -0.341 e. The van der Waals surface area contributed by atoms with E-state index in [1.54, 1.807) is 0 Å². The summed E-state index contributed by atoms with van der Waals surface area (Å²) in [6, 6.07) is 0. The molecule has 5 heteroatoms. The molecule has 4 nitrogen and oxygen atoms in total. The molecule has 0 aliphatic carbocycles. The van der Waals surface area contributed by atoms with Crippen molar-refractivity contribution in [3.63, 3.8) is 0 Å². The van der Waals surface area contributed by atoms with E-state index in [-0.39, 0.29) is 0 Å². The van der Waals surface area contributed by atoms with E-state index in [9.17, 15) is 0 Å². The Morgan fingerprint density at radius 2 is 2.06 bits per heavy atom. The summed E-state index contributed by atoms with van der Waals surface area (Å²) in [4.78, 5) is 11.1. The third-order valence-electron chi connectivity index (χ3n) is 2.92. The zero-order valence-corrected chi connectivity index (χ0v) is 10.5. The molecule has 0 radical (unpaired) electrons. The Morgan fingerprint density at radius 1 is 1.31 bits per heavy atom. The number of nitrogens with zero attached hydrogens (tertiary/aromatic N) is 3. The Balaban J connectivity index is 2.38. The maximum Gasteiger partial charge on any atom is 0.226 e. The number of anilines is 1. The summed E-state index contributed by atoms with van der Waals surface area (Å²) < 4.78 is 0. The average molecular weight is 241 g/mol. The summed E-state index contributed by atoms with van der Waals surface area (Å²) in [5.74, 6) is 0.760. The van der Waals surface area contributed by atoms with Crippen molar-refractivity contribution >= 4 is 17.5 Å². The van der Waals surface area contributed by atoms with Crippen molar-refractivity contribution in [1.29, 1.82) is 0 Å². The van der Waals surface area contributed by atoms with Gasteiger partial charge in [0.05, 0.1) is 5.69 Å². The second-order valence-corrected chi connectivity index (χ2v) is 4.20. The van der Waals surface area contributed by atoms with Crippen LogP contribution in [0.25, 0.3) is 0 Å². The molecule has 0 spiro atoms. The summed E-state index contributed by atoms with van der Waals surface area (Å²) in [7, 11) is 0. The molecule has 1 aromatic heterocycles. The lowest BCUT2D eigenvalue weighted by Crippen LogP contribution is -2.29. The zero-order chi connectivity index (χ0) is 11.5. The van der Waals surface area contributed by atoms with Crippen LogP contribution in [0.15, 0.2) is 0 Å². The first-order valence-electron chi connectivity index (χ1n) is 5.77. The number of aromatic nitrogens is 2. The van der Waals surface area contributed by atoms with Gasteiger partial charge in [-0.2, -0.15) is 0 Å². The highest BCUT2D eigenvalue weighted by atomic mass is 35.5. The SMILES string of the molecule is CCN(CC)c1nc(Cl)c2c(n1)CCNC2. The molecule has 1 aliphatic heterocycles. The Morgan fingerprint density at radius 3 is 2.75 bits per heavy atom. The molecule has 2 heterocycles. The van der Waals surface area contributed by atoms with Crippen LogP contribution in [0.3, 0.4) is 0 Å². The van der Waals surface area contributed by atoms with Gasteiger partial charge < -0.3 is 10.2 Å². The molecule has 0 aromatic carbocycles. The Labute approximate surface area is 101 Å². The molecule has 16 heavy (non-hydrogen) atoms. The van der Waals surface area contributed by atoms with Crippen LogP contribution in [-0.2, 0) is 13.0 Å². The lowest BCUT2D eigenvalue weighted by atomic mass is 10.1. The molecular weight excluding hydrogens is 224 g/mol. The number of halogens is 1. The van der Waals surface area contributed by atoms with Crippen LogP contribution in [0.1, 0.15) is 25.1 Å². The molecule has 0 fully saturated rings. The van der Waals surface area contributed by atoms with Crippen molar-refractivity contribution in [3.8, 4) is 0 Å². The van der Waals surface area contributed by atoms with Gasteiger partial charge in [0.2, 0.25) is 5.95 Å². The van der Waals surface area contributed by atoms with Gasteiger partial charge in [-0.3, -0.25) is 0 Å². The van der Waals surface area contributed by atoms with Crippen LogP contribution >= 0.6 is 11.6 Å². The second-order valence-electron chi connectivity index (χ2n) is 3.84. The molecule has 1 N–H and O–H groups in total. The van der Waals surface area contributed by atoms with Gasteiger partial charge in [0.1, 0.15) is 5.15 Å². The quantitative estimate of drug-likeness (QED) is 0.816. The lowest BCUT2D eigenvalue weighted by molar-refractivity contribution is 0.623. The number of rotatable bonds is 3. The summed E-state index contributed by atoms with van der Waals surface area (Å²) in [5.41, 5.74) is 2.16. The minimum absolute atomic E-state index is 0.596. The molecule has 0 unspecified atom stereocenters. The van der Waals surface area contributed by atoms with Crippen molar-refractivity contribution in [2.75, 3.05) is 24.5 Å². The van der Waals surface area contributed by atoms with Crippen LogP contribution in [0.4, 0.5) is 5.95 Å². The van der Waals surface area contributed by atoms with Gasteiger partial charge >= 0.3 is 0 Å². The molecule has 0 atom stereocenters. The molecule has 1 aromatic rings. The first kappa shape index (κ1) is 11.6. The van der Waals surface area contributed by atoms with Crippen molar-refractivity contribution in [2.45, 2.75) is 26.8 Å². The molecule has 0 saturated heterocycles. The fourth-order valence-corrected chi connectivity index (χ4v) is 2.19. The van der Waals surface area contributed by atoms with E-state index >= 15 is 0 Å². The maximum atomic E-state index is 6.19. The minimum atomic E-state index is 0.596. The van der Waals surface area contributed by atoms with E-state index < -0.39 is 0 Å². The molecule has 0 bridgehead atoms. The van der Waals surface area contributed by atoms with Gasteiger partial charge in [-0.15, -0.1) is 0 Å². The Hall–Kier alpha value is -0.870. The summed E-state index contributed by atoms with van der Waals surface area (Å²) in [6.07, 6.45) is 0.936. The highest BCUT2D eigenvalue weighted by molar-refractivity contribution is 6.30. The summed E-state index contributed by atoms with van der Waals surface area (Å²) in [5, 5.41) is 3.88. The van der Waals surface area contributed by atoms with Crippen LogP contribution in [0, 0.1) is 0 Å². The fraction of sp³-hybridized carbons (Fsp3) is 0.636. The van der Waals surface area contributed by atoms with E-state index in [1.165, 1.54) is 0 Å². The third-order valence-corrected chi connectivity index (χ3v) is 3.23. The molecule has 0 amide bonds. The average Bonchev–Trinajstić information content (AvgIpc) is 2.31. The molecule has 0 saturated carbocycles. The third kappa shape index (κ3) is 2.13. The monoisotopic (exact) mass is 240 g/mol. The van der Waals surface area contributed by atoms with Crippen LogP contribution in [0.2, 0.25) is 5.15 Å². The van der Waals surface area contributed by atoms with E-state index in [0.717, 1.165) is 49.8 Å². The van der Waals surface area contributed by atoms with Crippen LogP contribution < -0.4 is 10.2 Å². The largest absolute Gasteiger partial charge is 0.341 e. The molecule has 2 rings (SSSR count). The predicted molar refractivity (Wildman–Crippen MR) is 66.0 cm³/mol. The Kier molecular flexibility index (Phi) is 3.61. The zero-order valence-electron chi connectivity index (χ0n) is 9.76. The molecule has 1 aliphatic rings. The summed E-state index contributed by atoms with van der Waals surface area (Å²) in [6.45, 7) is 7.77. The van der Waals surface area contributed by atoms with E-state index in [4.69, 9.17) is 11.6 Å². The van der Waals surface area contributed by atoms with Crippen LogP contribution in [0.5, 0.6) is 0 Å². The standard InChI is InChI=1S/C11H17ClN4/c1-3-16(4-2)11-14-9-5-6-13-7-8(9)10(12)15-11/h13H,3-7H2,1-2H3.